The molecule has 0 saturated carbocycles. The van der Waals surface area contributed by atoms with E-state index >= 15 is 0 Å². The minimum absolute atomic E-state index is 0.0290. The molecule has 1 amide bonds. The normalized spacial score (nSPS) is 14.5. The largest absolute Gasteiger partial charge is 0.366 e. The third-order valence-corrected chi connectivity index (χ3v) is 4.47. The molecule has 0 spiro atoms. The summed E-state index contributed by atoms with van der Waals surface area (Å²) < 4.78 is 0. The topological polar surface area (TPSA) is 88.4 Å². The average molecular weight is 332 g/mol. The van der Waals surface area contributed by atoms with Crippen molar-refractivity contribution in [1.29, 1.82) is 0 Å². The second-order valence-corrected chi connectivity index (χ2v) is 6.19. The molecule has 2 aromatic rings. The Labute approximate surface area is 137 Å². The van der Waals surface area contributed by atoms with E-state index < -0.39 is 10.8 Å². The number of nitrogens with one attached hydrogen (secondary N) is 1. The molecule has 1 aromatic carbocycles. The number of aromatic nitrogens is 1. The number of piperidine rings is 1. The number of anilines is 2. The van der Waals surface area contributed by atoms with Gasteiger partial charge in [-0.05, 0) is 31.4 Å². The van der Waals surface area contributed by atoms with Crippen LogP contribution in [-0.2, 0) is 0 Å². The van der Waals surface area contributed by atoms with Crippen LogP contribution in [0.25, 0.3) is 0 Å². The molecular formula is C15H16N4O3S. The molecule has 1 fully saturated rings. The van der Waals surface area contributed by atoms with Crippen LogP contribution in [0, 0.1) is 10.1 Å². The molecule has 7 nitrogen and oxygen atoms in total. The van der Waals surface area contributed by atoms with Crippen molar-refractivity contribution in [2.45, 2.75) is 19.3 Å². The number of nitrogens with zero attached hydrogens (tertiary/aromatic N) is 3. The number of carbonyl (C=O) groups excluding carboxylic acids is 1. The molecule has 0 unspecified atom stereocenters. The first-order valence-corrected chi connectivity index (χ1v) is 8.27. The van der Waals surface area contributed by atoms with Crippen LogP contribution in [0.3, 0.4) is 0 Å². The van der Waals surface area contributed by atoms with E-state index in [0.717, 1.165) is 32.4 Å². The van der Waals surface area contributed by atoms with Gasteiger partial charge in [0.15, 0.2) is 5.13 Å². The lowest BCUT2D eigenvalue weighted by molar-refractivity contribution is -0.384. The molecule has 0 bridgehead atoms. The number of nitro benzene ring substituents is 1. The van der Waals surface area contributed by atoms with Gasteiger partial charge in [-0.15, -0.1) is 11.3 Å². The van der Waals surface area contributed by atoms with Gasteiger partial charge in [0.1, 0.15) is 5.69 Å². The van der Waals surface area contributed by atoms with Crippen molar-refractivity contribution in [3.05, 3.63) is 45.5 Å². The Morgan fingerprint density at radius 3 is 2.74 bits per heavy atom. The first-order valence-electron chi connectivity index (χ1n) is 7.39. The van der Waals surface area contributed by atoms with E-state index in [0.29, 0.717) is 10.8 Å². The lowest BCUT2D eigenvalue weighted by Crippen LogP contribution is -2.30. The van der Waals surface area contributed by atoms with Crippen molar-refractivity contribution < 1.29 is 9.72 Å². The Morgan fingerprint density at radius 1 is 1.30 bits per heavy atom. The van der Waals surface area contributed by atoms with Gasteiger partial charge in [0.05, 0.1) is 4.92 Å². The van der Waals surface area contributed by atoms with Crippen LogP contribution in [0.1, 0.15) is 29.6 Å². The maximum Gasteiger partial charge on any atom is 0.293 e. The predicted octanol–water partition coefficient (Wildman–Crippen LogP) is 3.29. The standard InChI is InChI=1S/C15H16N4O3S/c20-14(17-15-16-6-9-23-15)11-4-5-12(13(10-11)19(21)22)18-7-2-1-3-8-18/h4-6,9-10H,1-3,7-8H2,(H,16,17,20). The number of carbonyl (C=O) groups is 1. The zero-order valence-electron chi connectivity index (χ0n) is 12.4. The van der Waals surface area contributed by atoms with Gasteiger partial charge in [-0.2, -0.15) is 0 Å². The second-order valence-electron chi connectivity index (χ2n) is 5.30. The minimum Gasteiger partial charge on any atom is -0.366 e. The number of amides is 1. The van der Waals surface area contributed by atoms with E-state index in [1.807, 2.05) is 4.90 Å². The molecule has 1 aromatic heterocycles. The third kappa shape index (κ3) is 3.48. The van der Waals surface area contributed by atoms with E-state index in [4.69, 9.17) is 0 Å². The molecule has 2 heterocycles. The SMILES string of the molecule is O=C(Nc1nccs1)c1ccc(N2CCCCC2)c([N+](=O)[O-])c1. The molecular weight excluding hydrogens is 316 g/mol. The summed E-state index contributed by atoms with van der Waals surface area (Å²) in [6.45, 7) is 1.62. The molecule has 1 saturated heterocycles. The molecule has 0 atom stereocenters. The van der Waals surface area contributed by atoms with Crippen molar-refractivity contribution in [2.24, 2.45) is 0 Å². The lowest BCUT2D eigenvalue weighted by Gasteiger charge is -2.28. The van der Waals surface area contributed by atoms with Gasteiger partial charge >= 0.3 is 0 Å². The molecule has 8 heteroatoms. The number of benzene rings is 1. The zero-order valence-corrected chi connectivity index (χ0v) is 13.2. The van der Waals surface area contributed by atoms with Gasteiger partial charge in [-0.25, -0.2) is 4.98 Å². The number of nitro groups is 1. The fourth-order valence-corrected chi connectivity index (χ4v) is 3.19. The van der Waals surface area contributed by atoms with E-state index in [1.54, 1.807) is 23.7 Å². The number of hydrogen-bond donors (Lipinski definition) is 1. The Morgan fingerprint density at radius 2 is 2.09 bits per heavy atom. The van der Waals surface area contributed by atoms with Crippen LogP contribution in [0.4, 0.5) is 16.5 Å². The molecule has 3 rings (SSSR count). The summed E-state index contributed by atoms with van der Waals surface area (Å²) in [6.07, 6.45) is 4.80. The highest BCUT2D eigenvalue weighted by molar-refractivity contribution is 7.13. The highest BCUT2D eigenvalue weighted by Crippen LogP contribution is 2.31. The fraction of sp³-hybridized carbons (Fsp3) is 0.333. The number of hydrogen-bond acceptors (Lipinski definition) is 6. The third-order valence-electron chi connectivity index (χ3n) is 3.78. The van der Waals surface area contributed by atoms with E-state index in [9.17, 15) is 14.9 Å². The summed E-state index contributed by atoms with van der Waals surface area (Å²) >= 11 is 1.30. The van der Waals surface area contributed by atoms with Crippen LogP contribution in [0.15, 0.2) is 29.8 Å². The van der Waals surface area contributed by atoms with Crippen molar-refractivity contribution >= 4 is 33.8 Å². The first kappa shape index (κ1) is 15.4. The number of thiazole rings is 1. The molecule has 0 radical (unpaired) electrons. The summed E-state index contributed by atoms with van der Waals surface area (Å²) in [7, 11) is 0. The molecule has 23 heavy (non-hydrogen) atoms. The monoisotopic (exact) mass is 332 g/mol. The van der Waals surface area contributed by atoms with Crippen LogP contribution in [0.5, 0.6) is 0 Å². The minimum atomic E-state index is -0.426. The van der Waals surface area contributed by atoms with Gasteiger partial charge in [0.2, 0.25) is 0 Å². The smallest absolute Gasteiger partial charge is 0.293 e. The maximum absolute atomic E-state index is 12.2. The van der Waals surface area contributed by atoms with Gasteiger partial charge in [0.25, 0.3) is 11.6 Å². The Balaban J connectivity index is 1.86. The maximum atomic E-state index is 12.2. The average Bonchev–Trinajstić information content (AvgIpc) is 3.08. The highest BCUT2D eigenvalue weighted by atomic mass is 32.1. The van der Waals surface area contributed by atoms with Crippen molar-refractivity contribution in [1.82, 2.24) is 4.98 Å². The Kier molecular flexibility index (Phi) is 4.52. The van der Waals surface area contributed by atoms with Crippen LogP contribution < -0.4 is 10.2 Å². The summed E-state index contributed by atoms with van der Waals surface area (Å²) in [5.74, 6) is -0.395. The lowest BCUT2D eigenvalue weighted by atomic mass is 10.1. The van der Waals surface area contributed by atoms with Crippen LogP contribution >= 0.6 is 11.3 Å². The molecule has 1 aliphatic rings. The molecule has 1 N–H and O–H groups in total. The Bertz CT molecular complexity index is 712. The van der Waals surface area contributed by atoms with Crippen LogP contribution in [-0.4, -0.2) is 28.9 Å². The van der Waals surface area contributed by atoms with Crippen LogP contribution in [0.2, 0.25) is 0 Å². The molecule has 120 valence electrons. The number of rotatable bonds is 4. The predicted molar refractivity (Wildman–Crippen MR) is 89.2 cm³/mol. The molecule has 0 aliphatic carbocycles. The summed E-state index contributed by atoms with van der Waals surface area (Å²) in [4.78, 5) is 29.2. The Hall–Kier alpha value is -2.48. The van der Waals surface area contributed by atoms with E-state index in [1.165, 1.54) is 17.4 Å². The quantitative estimate of drug-likeness (QED) is 0.685. The van der Waals surface area contributed by atoms with E-state index in [2.05, 4.69) is 10.3 Å². The summed E-state index contributed by atoms with van der Waals surface area (Å²) in [5.41, 5.74) is 0.812. The van der Waals surface area contributed by atoms with Gasteiger partial charge in [0, 0.05) is 36.3 Å². The summed E-state index contributed by atoms with van der Waals surface area (Å²) in [6, 6.07) is 4.63. The fourth-order valence-electron chi connectivity index (χ4n) is 2.67. The van der Waals surface area contributed by atoms with Crippen molar-refractivity contribution in [3.8, 4) is 0 Å². The van der Waals surface area contributed by atoms with E-state index in [-0.39, 0.29) is 11.3 Å². The van der Waals surface area contributed by atoms with Gasteiger partial charge in [-0.3, -0.25) is 20.2 Å². The highest BCUT2D eigenvalue weighted by Gasteiger charge is 2.23. The van der Waals surface area contributed by atoms with Gasteiger partial charge in [-0.1, -0.05) is 0 Å². The first-order chi connectivity index (χ1) is 11.1. The molecule has 1 aliphatic heterocycles. The second kappa shape index (κ2) is 6.74. The van der Waals surface area contributed by atoms with Gasteiger partial charge < -0.3 is 4.90 Å². The van der Waals surface area contributed by atoms with Crippen molar-refractivity contribution in [3.63, 3.8) is 0 Å². The summed E-state index contributed by atoms with van der Waals surface area (Å²) in [5, 5.41) is 16.2. The zero-order chi connectivity index (χ0) is 16.2. The van der Waals surface area contributed by atoms with Crippen molar-refractivity contribution in [2.75, 3.05) is 23.3 Å².